The predicted octanol–water partition coefficient (Wildman–Crippen LogP) is 1.09. The second kappa shape index (κ2) is 16.9. The van der Waals surface area contributed by atoms with Gasteiger partial charge in [0.2, 0.25) is 23.6 Å². The number of hydrogen-bond acceptors (Lipinski definition) is 7. The monoisotopic (exact) mass is 597 g/mol. The third-order valence-corrected chi connectivity index (χ3v) is 6.83. The van der Waals surface area contributed by atoms with Crippen molar-refractivity contribution in [2.75, 3.05) is 6.54 Å². The van der Waals surface area contributed by atoms with Gasteiger partial charge in [-0.25, -0.2) is 0 Å². The number of aromatic hydroxyl groups is 1. The van der Waals surface area contributed by atoms with Crippen LogP contribution in [0.3, 0.4) is 0 Å². The molecule has 1 saturated heterocycles. The van der Waals surface area contributed by atoms with Crippen LogP contribution in [-0.4, -0.2) is 75.4 Å². The number of primary amides is 1. The van der Waals surface area contributed by atoms with E-state index in [4.69, 9.17) is 21.4 Å². The van der Waals surface area contributed by atoms with E-state index in [0.717, 1.165) is 18.1 Å². The normalized spacial score (nSPS) is 16.3. The number of nitrogens with two attached hydrogens (primary N) is 2. The summed E-state index contributed by atoms with van der Waals surface area (Å²) in [6.07, 6.45) is 1.90. The Morgan fingerprint density at radius 1 is 0.930 bits per heavy atom. The SMILES string of the molecule is CC(=O)O.CC(C)C[C@@H](NC(=O)[C@H](Cc1ccccc1)NC(=O)[C@@H]1CCCN1C(=O)[C@@H](N)Cc1ccc(O)cc1)C(N)=O. The van der Waals surface area contributed by atoms with Crippen molar-refractivity contribution in [3.05, 3.63) is 65.7 Å². The second-order valence-corrected chi connectivity index (χ2v) is 11.0. The van der Waals surface area contributed by atoms with Gasteiger partial charge in [-0.15, -0.1) is 0 Å². The summed E-state index contributed by atoms with van der Waals surface area (Å²) in [6.45, 7) is 5.31. The number of nitrogens with zero attached hydrogens (tertiary/aromatic N) is 1. The first-order valence-electron chi connectivity index (χ1n) is 14.3. The van der Waals surface area contributed by atoms with E-state index in [2.05, 4.69) is 10.6 Å². The van der Waals surface area contributed by atoms with Crippen LogP contribution in [0.4, 0.5) is 0 Å². The van der Waals surface area contributed by atoms with Gasteiger partial charge in [-0.1, -0.05) is 56.3 Å². The third-order valence-electron chi connectivity index (χ3n) is 6.83. The van der Waals surface area contributed by atoms with Crippen LogP contribution in [0.5, 0.6) is 5.75 Å². The number of carboxylic acids is 1. The van der Waals surface area contributed by atoms with Gasteiger partial charge in [0.05, 0.1) is 6.04 Å². The van der Waals surface area contributed by atoms with Gasteiger partial charge in [-0.3, -0.25) is 24.0 Å². The number of rotatable bonds is 12. The Morgan fingerprint density at radius 2 is 1.51 bits per heavy atom. The van der Waals surface area contributed by atoms with Gasteiger partial charge in [-0.05, 0) is 54.9 Å². The summed E-state index contributed by atoms with van der Waals surface area (Å²) in [4.78, 5) is 62.4. The van der Waals surface area contributed by atoms with Crippen molar-refractivity contribution in [1.29, 1.82) is 0 Å². The quantitative estimate of drug-likeness (QED) is 0.208. The molecule has 4 amide bonds. The zero-order chi connectivity index (χ0) is 32.1. The van der Waals surface area contributed by atoms with Gasteiger partial charge >= 0.3 is 0 Å². The first-order chi connectivity index (χ1) is 20.3. The fourth-order valence-corrected chi connectivity index (χ4v) is 4.81. The summed E-state index contributed by atoms with van der Waals surface area (Å²) in [7, 11) is 0. The number of benzene rings is 2. The summed E-state index contributed by atoms with van der Waals surface area (Å²) in [5.41, 5.74) is 13.3. The van der Waals surface area contributed by atoms with Gasteiger partial charge < -0.3 is 37.2 Å². The Bertz CT molecular complexity index is 1230. The molecule has 2 aromatic carbocycles. The van der Waals surface area contributed by atoms with E-state index >= 15 is 0 Å². The molecule has 1 fully saturated rings. The van der Waals surface area contributed by atoms with Crippen LogP contribution in [0, 0.1) is 5.92 Å². The molecular weight excluding hydrogens is 554 g/mol. The van der Waals surface area contributed by atoms with Crippen molar-refractivity contribution in [3.8, 4) is 5.75 Å². The van der Waals surface area contributed by atoms with Crippen molar-refractivity contribution in [1.82, 2.24) is 15.5 Å². The fourth-order valence-electron chi connectivity index (χ4n) is 4.81. The molecule has 1 heterocycles. The zero-order valence-electron chi connectivity index (χ0n) is 24.9. The Balaban J connectivity index is 0.00000151. The molecule has 0 radical (unpaired) electrons. The number of carbonyl (C=O) groups excluding carboxylic acids is 4. The van der Waals surface area contributed by atoms with Crippen LogP contribution < -0.4 is 22.1 Å². The highest BCUT2D eigenvalue weighted by Gasteiger charge is 2.38. The number of hydrogen-bond donors (Lipinski definition) is 6. The standard InChI is InChI=1S/C29H39N5O5.C2H4O2/c1-18(2)15-23(26(31)36)32-27(37)24(17-19-7-4-3-5-8-19)33-28(38)25-9-6-14-34(25)29(39)22(30)16-20-10-12-21(35)13-11-20;1-2(3)4/h3-5,7-8,10-13,18,22-25,35H,6,9,14-17,30H2,1-2H3,(H2,31,36)(H,32,37)(H,33,38);1H3,(H,3,4)/t22-,23+,24-,25-;/m0./s1. The highest BCUT2D eigenvalue weighted by Crippen LogP contribution is 2.20. The van der Waals surface area contributed by atoms with Gasteiger partial charge in [0.15, 0.2) is 0 Å². The molecule has 3 rings (SSSR count). The van der Waals surface area contributed by atoms with Crippen molar-refractivity contribution < 1.29 is 34.2 Å². The van der Waals surface area contributed by atoms with E-state index < -0.39 is 47.9 Å². The maximum atomic E-state index is 13.4. The number of carbonyl (C=O) groups is 5. The lowest BCUT2D eigenvalue weighted by Crippen LogP contribution is -2.57. The van der Waals surface area contributed by atoms with Crippen molar-refractivity contribution in [2.24, 2.45) is 17.4 Å². The predicted molar refractivity (Wildman–Crippen MR) is 160 cm³/mol. The molecule has 2 aromatic rings. The smallest absolute Gasteiger partial charge is 0.300 e. The number of amides is 4. The van der Waals surface area contributed by atoms with Crippen molar-refractivity contribution in [2.45, 2.75) is 77.0 Å². The van der Waals surface area contributed by atoms with Gasteiger partial charge in [0.25, 0.3) is 5.97 Å². The summed E-state index contributed by atoms with van der Waals surface area (Å²) in [6, 6.07) is 12.2. The van der Waals surface area contributed by atoms with Gasteiger partial charge in [0, 0.05) is 19.9 Å². The van der Waals surface area contributed by atoms with E-state index in [-0.39, 0.29) is 30.4 Å². The number of likely N-dealkylation sites (tertiary alicyclic amines) is 1. The van der Waals surface area contributed by atoms with Crippen molar-refractivity contribution >= 4 is 29.6 Å². The first-order valence-corrected chi connectivity index (χ1v) is 14.3. The molecule has 8 N–H and O–H groups in total. The Labute approximate surface area is 251 Å². The molecule has 0 unspecified atom stereocenters. The number of carboxylic acid groups (broad SMARTS) is 1. The lowest BCUT2D eigenvalue weighted by atomic mass is 10.0. The summed E-state index contributed by atoms with van der Waals surface area (Å²) < 4.78 is 0. The van der Waals surface area contributed by atoms with E-state index in [1.54, 1.807) is 12.1 Å². The molecule has 0 saturated carbocycles. The summed E-state index contributed by atoms with van der Waals surface area (Å²) in [5.74, 6) is -2.55. The zero-order valence-corrected chi connectivity index (χ0v) is 24.9. The second-order valence-electron chi connectivity index (χ2n) is 11.0. The molecule has 0 bridgehead atoms. The molecule has 12 heteroatoms. The summed E-state index contributed by atoms with van der Waals surface area (Å²) >= 11 is 0. The van der Waals surface area contributed by atoms with Crippen LogP contribution in [-0.2, 0) is 36.8 Å². The minimum atomic E-state index is -0.975. The highest BCUT2D eigenvalue weighted by molar-refractivity contribution is 5.95. The molecule has 0 aromatic heterocycles. The Morgan fingerprint density at radius 3 is 2.07 bits per heavy atom. The first kappa shape index (κ1) is 34.7. The Hall–Kier alpha value is -4.45. The van der Waals surface area contributed by atoms with Crippen LogP contribution in [0.15, 0.2) is 54.6 Å². The van der Waals surface area contributed by atoms with E-state index in [1.807, 2.05) is 44.2 Å². The molecule has 0 spiro atoms. The van der Waals surface area contributed by atoms with Crippen molar-refractivity contribution in [3.63, 3.8) is 0 Å². The molecule has 4 atom stereocenters. The molecule has 0 aliphatic carbocycles. The molecule has 12 nitrogen and oxygen atoms in total. The Kier molecular flexibility index (Phi) is 13.6. The van der Waals surface area contributed by atoms with E-state index in [0.29, 0.717) is 25.8 Å². The minimum absolute atomic E-state index is 0.119. The average molecular weight is 598 g/mol. The maximum Gasteiger partial charge on any atom is 0.300 e. The molecular formula is C31H43N5O7. The topological polar surface area (TPSA) is 205 Å². The van der Waals surface area contributed by atoms with Gasteiger partial charge in [-0.2, -0.15) is 0 Å². The van der Waals surface area contributed by atoms with E-state index in [1.165, 1.54) is 17.0 Å². The lowest BCUT2D eigenvalue weighted by molar-refractivity contribution is -0.140. The highest BCUT2D eigenvalue weighted by atomic mass is 16.4. The average Bonchev–Trinajstić information content (AvgIpc) is 3.43. The largest absolute Gasteiger partial charge is 0.508 e. The molecule has 234 valence electrons. The minimum Gasteiger partial charge on any atom is -0.508 e. The van der Waals surface area contributed by atoms with Crippen LogP contribution in [0.25, 0.3) is 0 Å². The number of phenols is 1. The summed E-state index contributed by atoms with van der Waals surface area (Å²) in [5, 5.41) is 22.4. The molecule has 43 heavy (non-hydrogen) atoms. The molecule has 1 aliphatic heterocycles. The van der Waals surface area contributed by atoms with Gasteiger partial charge in [0.1, 0.15) is 23.9 Å². The number of phenolic OH excluding ortho intramolecular Hbond substituents is 1. The molecule has 1 aliphatic rings. The van der Waals surface area contributed by atoms with Crippen LogP contribution in [0.2, 0.25) is 0 Å². The van der Waals surface area contributed by atoms with Crippen LogP contribution >= 0.6 is 0 Å². The lowest BCUT2D eigenvalue weighted by Gasteiger charge is -2.29. The van der Waals surface area contributed by atoms with E-state index in [9.17, 15) is 24.3 Å². The third kappa shape index (κ3) is 11.8. The number of nitrogens with one attached hydrogen (secondary N) is 2. The van der Waals surface area contributed by atoms with Crippen LogP contribution in [0.1, 0.15) is 51.2 Å². The maximum absolute atomic E-state index is 13.4. The fraction of sp³-hybridized carbons (Fsp3) is 0.452. The number of aliphatic carboxylic acids is 1.